The van der Waals surface area contributed by atoms with Crippen LogP contribution >= 0.6 is 23.2 Å². The minimum Gasteiger partial charge on any atom is -0.304 e. The van der Waals surface area contributed by atoms with Gasteiger partial charge in [0.2, 0.25) is 0 Å². The molecule has 0 aliphatic carbocycles. The lowest BCUT2D eigenvalue weighted by Crippen LogP contribution is -2.26. The van der Waals surface area contributed by atoms with Crippen molar-refractivity contribution in [3.63, 3.8) is 0 Å². The molecule has 0 fully saturated rings. The number of hydrogen-bond acceptors (Lipinski definition) is 4. The van der Waals surface area contributed by atoms with Crippen LogP contribution in [0.25, 0.3) is 0 Å². The van der Waals surface area contributed by atoms with Crippen LogP contribution < -0.4 is 5.32 Å². The van der Waals surface area contributed by atoms with Gasteiger partial charge in [-0.15, -0.1) is 5.10 Å². The van der Waals surface area contributed by atoms with Crippen LogP contribution in [0.2, 0.25) is 10.0 Å². The second-order valence-corrected chi connectivity index (χ2v) is 5.03. The number of aromatic nitrogens is 4. The largest absolute Gasteiger partial charge is 0.304 e. The summed E-state index contributed by atoms with van der Waals surface area (Å²) in [6.45, 7) is 2.94. The molecule has 0 bridgehead atoms. The molecule has 0 spiro atoms. The highest BCUT2D eigenvalue weighted by atomic mass is 35.5. The van der Waals surface area contributed by atoms with Crippen molar-refractivity contribution in [2.75, 3.05) is 6.54 Å². The summed E-state index contributed by atoms with van der Waals surface area (Å²) in [6, 6.07) is 1.54. The molecule has 1 N–H and O–H groups in total. The number of rotatable bonds is 5. The summed E-state index contributed by atoms with van der Waals surface area (Å²) in [6.07, 6.45) is 4.31. The van der Waals surface area contributed by atoms with Crippen LogP contribution in [0.3, 0.4) is 0 Å². The predicted octanol–water partition coefficient (Wildman–Crippen LogP) is 2.61. The van der Waals surface area contributed by atoms with Crippen molar-refractivity contribution in [1.29, 1.82) is 0 Å². The van der Waals surface area contributed by atoms with Gasteiger partial charge in [0.15, 0.2) is 0 Å². The number of aryl methyl sites for hydroxylation is 1. The third kappa shape index (κ3) is 3.23. The van der Waals surface area contributed by atoms with Crippen LogP contribution in [-0.2, 0) is 7.05 Å². The first-order valence-electron chi connectivity index (χ1n) is 6.02. The van der Waals surface area contributed by atoms with Gasteiger partial charge in [-0.2, -0.15) is 0 Å². The van der Waals surface area contributed by atoms with Crippen molar-refractivity contribution in [2.45, 2.75) is 19.4 Å². The number of halogens is 2. The van der Waals surface area contributed by atoms with Gasteiger partial charge in [0.1, 0.15) is 0 Å². The minimum absolute atomic E-state index is 0.148. The Balaban J connectivity index is 2.40. The monoisotopic (exact) mass is 299 g/mol. The molecule has 0 aliphatic heterocycles. The molecule has 19 heavy (non-hydrogen) atoms. The summed E-state index contributed by atoms with van der Waals surface area (Å²) in [5.74, 6) is 0. The van der Waals surface area contributed by atoms with Crippen LogP contribution in [0.5, 0.6) is 0 Å². The zero-order chi connectivity index (χ0) is 13.8. The maximum atomic E-state index is 6.24. The Morgan fingerprint density at radius 1 is 1.37 bits per heavy atom. The normalized spacial score (nSPS) is 12.6. The fourth-order valence-corrected chi connectivity index (χ4v) is 2.32. The summed E-state index contributed by atoms with van der Waals surface area (Å²) in [5, 5.41) is 12.3. The first-order valence-corrected chi connectivity index (χ1v) is 6.78. The van der Waals surface area contributed by atoms with E-state index in [1.807, 2.05) is 7.05 Å². The molecule has 1 atom stereocenters. The Morgan fingerprint density at radius 3 is 2.74 bits per heavy atom. The van der Waals surface area contributed by atoms with Gasteiger partial charge in [0.25, 0.3) is 0 Å². The van der Waals surface area contributed by atoms with E-state index in [1.165, 1.54) is 0 Å². The lowest BCUT2D eigenvalue weighted by atomic mass is 10.1. The maximum Gasteiger partial charge on any atom is 0.0953 e. The first kappa shape index (κ1) is 14.2. The molecule has 0 aromatic carbocycles. The van der Waals surface area contributed by atoms with Crippen LogP contribution in [-0.4, -0.2) is 26.5 Å². The highest BCUT2D eigenvalue weighted by Gasteiger charge is 2.21. The maximum absolute atomic E-state index is 6.24. The predicted molar refractivity (Wildman–Crippen MR) is 75.4 cm³/mol. The van der Waals surface area contributed by atoms with Crippen molar-refractivity contribution in [3.8, 4) is 0 Å². The molecule has 1 unspecified atom stereocenters. The van der Waals surface area contributed by atoms with E-state index in [2.05, 4.69) is 27.5 Å². The SMILES string of the molecule is CCCNC(c1ncc(Cl)cc1Cl)c1cnnn1C. The van der Waals surface area contributed by atoms with Crippen molar-refractivity contribution < 1.29 is 0 Å². The first-order chi connectivity index (χ1) is 9.13. The third-order valence-electron chi connectivity index (χ3n) is 2.75. The quantitative estimate of drug-likeness (QED) is 0.922. The standard InChI is InChI=1S/C12H15Cl2N5/c1-3-4-15-12(10-7-17-18-19(10)2)11-9(14)5-8(13)6-16-11/h5-7,12,15H,3-4H2,1-2H3. The molecule has 2 heterocycles. The van der Waals surface area contributed by atoms with Gasteiger partial charge in [0.05, 0.1) is 33.7 Å². The van der Waals surface area contributed by atoms with Gasteiger partial charge in [0, 0.05) is 13.2 Å². The van der Waals surface area contributed by atoms with Crippen molar-refractivity contribution in [3.05, 3.63) is 39.9 Å². The van der Waals surface area contributed by atoms with Crippen LogP contribution in [0.4, 0.5) is 0 Å². The Hall–Kier alpha value is -1.17. The van der Waals surface area contributed by atoms with Gasteiger partial charge in [-0.1, -0.05) is 35.3 Å². The summed E-state index contributed by atoms with van der Waals surface area (Å²) in [5.41, 5.74) is 1.63. The number of hydrogen-bond donors (Lipinski definition) is 1. The van der Waals surface area contributed by atoms with Gasteiger partial charge in [-0.3, -0.25) is 9.67 Å². The van der Waals surface area contributed by atoms with E-state index in [9.17, 15) is 0 Å². The lowest BCUT2D eigenvalue weighted by molar-refractivity contribution is 0.541. The minimum atomic E-state index is -0.148. The second kappa shape index (κ2) is 6.32. The van der Waals surface area contributed by atoms with E-state index in [0.717, 1.165) is 24.4 Å². The molecule has 0 aliphatic rings. The highest BCUT2D eigenvalue weighted by Crippen LogP contribution is 2.27. The Labute approximate surface area is 121 Å². The Kier molecular flexibility index (Phi) is 4.74. The molecular weight excluding hydrogens is 285 g/mol. The van der Waals surface area contributed by atoms with Gasteiger partial charge >= 0.3 is 0 Å². The zero-order valence-corrected chi connectivity index (χ0v) is 12.3. The van der Waals surface area contributed by atoms with Crippen molar-refractivity contribution in [1.82, 2.24) is 25.3 Å². The summed E-state index contributed by atoms with van der Waals surface area (Å²) in [4.78, 5) is 4.33. The van der Waals surface area contributed by atoms with Gasteiger partial charge in [-0.05, 0) is 19.0 Å². The molecule has 2 rings (SSSR count). The third-order valence-corrected chi connectivity index (χ3v) is 3.26. The van der Waals surface area contributed by atoms with E-state index in [1.54, 1.807) is 23.1 Å². The number of nitrogens with one attached hydrogen (secondary N) is 1. The average molecular weight is 300 g/mol. The molecule has 5 nitrogen and oxygen atoms in total. The summed E-state index contributed by atoms with van der Waals surface area (Å²) < 4.78 is 1.71. The Bertz CT molecular complexity index is 555. The van der Waals surface area contributed by atoms with Crippen molar-refractivity contribution >= 4 is 23.2 Å². The van der Waals surface area contributed by atoms with E-state index in [0.29, 0.717) is 10.0 Å². The fraction of sp³-hybridized carbons (Fsp3) is 0.417. The van der Waals surface area contributed by atoms with Crippen LogP contribution in [0.15, 0.2) is 18.5 Å². The number of pyridine rings is 1. The van der Waals surface area contributed by atoms with Gasteiger partial charge < -0.3 is 5.32 Å². The average Bonchev–Trinajstić information content (AvgIpc) is 2.78. The molecular formula is C12H15Cl2N5. The Morgan fingerprint density at radius 2 is 2.16 bits per heavy atom. The van der Waals surface area contributed by atoms with Crippen LogP contribution in [0, 0.1) is 0 Å². The molecule has 0 radical (unpaired) electrons. The lowest BCUT2D eigenvalue weighted by Gasteiger charge is -2.18. The fourth-order valence-electron chi connectivity index (χ4n) is 1.83. The molecule has 0 saturated carbocycles. The van der Waals surface area contributed by atoms with Crippen molar-refractivity contribution in [2.24, 2.45) is 7.05 Å². The highest BCUT2D eigenvalue weighted by molar-refractivity contribution is 6.34. The zero-order valence-electron chi connectivity index (χ0n) is 10.8. The summed E-state index contributed by atoms with van der Waals surface area (Å²) >= 11 is 12.1. The molecule has 2 aromatic rings. The van der Waals surface area contributed by atoms with E-state index in [-0.39, 0.29) is 6.04 Å². The van der Waals surface area contributed by atoms with Crippen LogP contribution in [0.1, 0.15) is 30.8 Å². The van der Waals surface area contributed by atoms with E-state index in [4.69, 9.17) is 23.2 Å². The molecule has 0 amide bonds. The van der Waals surface area contributed by atoms with Gasteiger partial charge in [-0.25, -0.2) is 0 Å². The van der Waals surface area contributed by atoms with E-state index >= 15 is 0 Å². The smallest absolute Gasteiger partial charge is 0.0953 e. The topological polar surface area (TPSA) is 55.6 Å². The molecule has 2 aromatic heterocycles. The number of nitrogens with zero attached hydrogens (tertiary/aromatic N) is 4. The molecule has 102 valence electrons. The second-order valence-electron chi connectivity index (χ2n) is 4.19. The molecule has 7 heteroatoms. The van der Waals surface area contributed by atoms with E-state index < -0.39 is 0 Å². The molecule has 0 saturated heterocycles. The summed E-state index contributed by atoms with van der Waals surface area (Å²) in [7, 11) is 1.84.